The molecule has 196 valence electrons. The van der Waals surface area contributed by atoms with Gasteiger partial charge in [-0.15, -0.1) is 5.11 Å². The predicted octanol–water partition coefficient (Wildman–Crippen LogP) is 10.7. The van der Waals surface area contributed by atoms with Gasteiger partial charge in [0.1, 0.15) is 5.76 Å². The first-order chi connectivity index (χ1) is 16.6. The average molecular weight is 476 g/mol. The number of para-hydroxylation sites is 1. The maximum absolute atomic E-state index is 12.1. The second-order valence-electron chi connectivity index (χ2n) is 5.00. The summed E-state index contributed by atoms with van der Waals surface area (Å²) < 4.78 is 0. The number of benzene rings is 2. The number of aliphatic hydroxyl groups is 1. The number of carbonyl (C=O) groups excluding carboxylic acids is 1. The van der Waals surface area contributed by atoms with Gasteiger partial charge in [-0.05, 0) is 31.2 Å². The zero-order valence-electron chi connectivity index (χ0n) is 24.2. The van der Waals surface area contributed by atoms with Gasteiger partial charge in [0, 0.05) is 5.69 Å². The van der Waals surface area contributed by atoms with Crippen molar-refractivity contribution in [3.05, 3.63) is 72.1 Å². The van der Waals surface area contributed by atoms with Crippen molar-refractivity contribution in [2.24, 2.45) is 10.2 Å². The fourth-order valence-corrected chi connectivity index (χ4v) is 1.60. The number of allylic oxidation sites excluding steroid dienone is 1. The molecule has 0 aliphatic carbocycles. The van der Waals surface area contributed by atoms with Crippen LogP contribution >= 0.6 is 0 Å². The summed E-state index contributed by atoms with van der Waals surface area (Å²) in [6, 6.07) is 17.9. The lowest BCUT2D eigenvalue weighted by Gasteiger charge is -2.05. The molecule has 0 fully saturated rings. The van der Waals surface area contributed by atoms with E-state index in [1.54, 1.807) is 36.4 Å². The largest absolute Gasteiger partial charge is 0.510 e. The number of aliphatic hydroxyl groups excluding tert-OH is 1. The molecule has 2 aromatic rings. The van der Waals surface area contributed by atoms with Crippen molar-refractivity contribution < 1.29 is 9.90 Å². The Morgan fingerprint density at radius 1 is 0.735 bits per heavy atom. The van der Waals surface area contributed by atoms with Crippen molar-refractivity contribution in [3.8, 4) is 0 Å². The van der Waals surface area contributed by atoms with Crippen molar-refractivity contribution in [2.45, 2.75) is 96.4 Å². The molecular formula is C29H53N3O2. The number of nitrogens with one attached hydrogen (secondary N) is 1. The zero-order valence-corrected chi connectivity index (χ0v) is 24.2. The molecule has 0 aliphatic rings. The first-order valence-electron chi connectivity index (χ1n) is 12.8. The molecule has 0 unspecified atom stereocenters. The number of hydrogen-bond acceptors (Lipinski definition) is 4. The minimum atomic E-state index is -0.513. The van der Waals surface area contributed by atoms with Crippen molar-refractivity contribution in [1.82, 2.24) is 0 Å². The molecule has 5 nitrogen and oxygen atoms in total. The van der Waals surface area contributed by atoms with Crippen LogP contribution in [0, 0.1) is 0 Å². The van der Waals surface area contributed by atoms with E-state index in [4.69, 9.17) is 0 Å². The molecule has 2 aromatic carbocycles. The minimum absolute atomic E-state index is 0.122. The molecule has 0 atom stereocenters. The van der Waals surface area contributed by atoms with Crippen LogP contribution in [-0.2, 0) is 4.79 Å². The zero-order chi connectivity index (χ0) is 27.8. The number of hydrogen-bond donors (Lipinski definition) is 2. The van der Waals surface area contributed by atoms with Crippen LogP contribution in [0.4, 0.5) is 11.4 Å². The van der Waals surface area contributed by atoms with Gasteiger partial charge in [0.05, 0.1) is 5.69 Å². The molecule has 0 bridgehead atoms. The van der Waals surface area contributed by atoms with Crippen LogP contribution in [0.3, 0.4) is 0 Å². The van der Waals surface area contributed by atoms with Crippen LogP contribution in [0.5, 0.6) is 0 Å². The van der Waals surface area contributed by atoms with Crippen LogP contribution in [0.2, 0.25) is 0 Å². The standard InChI is InChI=1S/C16H15N3O2.C3H8.5C2H6/c1-12(20)15(19-18-14-10-6-3-7-11-14)16(21)17-13-8-4-2-5-9-13;1-3-2;5*1-2/h2-11,20H,1H3,(H,17,21);3H2,1-2H3;5*1-2H3/b15-12+,19-18?;;;;;;. The summed E-state index contributed by atoms with van der Waals surface area (Å²) in [4.78, 5) is 12.1. The number of carbonyl (C=O) groups is 1. The number of anilines is 1. The molecule has 2 N–H and O–H groups in total. The average Bonchev–Trinajstić information content (AvgIpc) is 2.91. The Balaban J connectivity index is -0.000000185. The fourth-order valence-electron chi connectivity index (χ4n) is 1.60. The second kappa shape index (κ2) is 37.4. The van der Waals surface area contributed by atoms with Gasteiger partial charge in [-0.3, -0.25) is 4.79 Å². The SMILES string of the molecule is C/C(O)=C(\N=Nc1ccccc1)C(=O)Nc1ccccc1.CC.CC.CC.CC.CC.CCC. The molecule has 2 rings (SSSR count). The van der Waals surface area contributed by atoms with Crippen molar-refractivity contribution in [1.29, 1.82) is 0 Å². The Morgan fingerprint density at radius 2 is 1.09 bits per heavy atom. The molecule has 0 radical (unpaired) electrons. The predicted molar refractivity (Wildman–Crippen MR) is 154 cm³/mol. The molecule has 0 aromatic heterocycles. The molecule has 0 heterocycles. The summed E-state index contributed by atoms with van der Waals surface area (Å²) in [5, 5.41) is 20.0. The van der Waals surface area contributed by atoms with Gasteiger partial charge in [0.15, 0.2) is 5.70 Å². The van der Waals surface area contributed by atoms with Crippen LogP contribution in [0.1, 0.15) is 96.4 Å². The lowest BCUT2D eigenvalue weighted by molar-refractivity contribution is -0.113. The van der Waals surface area contributed by atoms with Crippen molar-refractivity contribution in [3.63, 3.8) is 0 Å². The summed E-state index contributed by atoms with van der Waals surface area (Å²) >= 11 is 0. The molecule has 1 amide bonds. The Labute approximate surface area is 211 Å². The minimum Gasteiger partial charge on any atom is -0.510 e. The highest BCUT2D eigenvalue weighted by atomic mass is 16.3. The topological polar surface area (TPSA) is 74.0 Å². The molecule has 5 heteroatoms. The summed E-state index contributed by atoms with van der Waals surface area (Å²) in [6.07, 6.45) is 1.25. The van der Waals surface area contributed by atoms with Crippen molar-refractivity contribution in [2.75, 3.05) is 5.32 Å². The summed E-state index contributed by atoms with van der Waals surface area (Å²) in [5.41, 5.74) is 1.10. The maximum atomic E-state index is 12.1. The number of rotatable bonds is 4. The lowest BCUT2D eigenvalue weighted by Crippen LogP contribution is -2.14. The van der Waals surface area contributed by atoms with E-state index in [2.05, 4.69) is 29.4 Å². The second-order valence-corrected chi connectivity index (χ2v) is 5.00. The molecule has 0 spiro atoms. The van der Waals surface area contributed by atoms with Gasteiger partial charge in [-0.25, -0.2) is 0 Å². The van der Waals surface area contributed by atoms with E-state index >= 15 is 0 Å². The van der Waals surface area contributed by atoms with Crippen LogP contribution in [0.15, 0.2) is 82.3 Å². The van der Waals surface area contributed by atoms with E-state index in [0.717, 1.165) is 0 Å². The van der Waals surface area contributed by atoms with Gasteiger partial charge < -0.3 is 10.4 Å². The van der Waals surface area contributed by atoms with E-state index in [1.165, 1.54) is 13.3 Å². The maximum Gasteiger partial charge on any atom is 0.279 e. The quantitative estimate of drug-likeness (QED) is 0.262. The van der Waals surface area contributed by atoms with Gasteiger partial charge in [-0.1, -0.05) is 126 Å². The summed E-state index contributed by atoms with van der Waals surface area (Å²) in [6.45, 7) is 25.6. The summed E-state index contributed by atoms with van der Waals surface area (Å²) in [5.74, 6) is -0.705. The molecule has 0 aliphatic heterocycles. The van der Waals surface area contributed by atoms with Gasteiger partial charge in [0.2, 0.25) is 0 Å². The van der Waals surface area contributed by atoms with E-state index in [1.807, 2.05) is 93.5 Å². The highest BCUT2D eigenvalue weighted by molar-refractivity contribution is 6.03. The number of azo groups is 1. The number of nitrogens with zero attached hydrogens (tertiary/aromatic N) is 2. The third kappa shape index (κ3) is 25.3. The van der Waals surface area contributed by atoms with E-state index in [9.17, 15) is 9.90 Å². The smallest absolute Gasteiger partial charge is 0.279 e. The van der Waals surface area contributed by atoms with E-state index in [0.29, 0.717) is 11.4 Å². The van der Waals surface area contributed by atoms with E-state index in [-0.39, 0.29) is 11.5 Å². The van der Waals surface area contributed by atoms with Crippen LogP contribution < -0.4 is 5.32 Å². The Morgan fingerprint density at radius 3 is 1.44 bits per heavy atom. The fraction of sp³-hybridized carbons (Fsp3) is 0.483. The van der Waals surface area contributed by atoms with Gasteiger partial charge in [-0.2, -0.15) is 5.11 Å². The Hall–Kier alpha value is -2.95. The third-order valence-electron chi connectivity index (χ3n) is 2.61. The Bertz CT molecular complexity index is 679. The molecule has 34 heavy (non-hydrogen) atoms. The van der Waals surface area contributed by atoms with Gasteiger partial charge >= 0.3 is 0 Å². The first kappa shape index (κ1) is 41.3. The Kier molecular flexibility index (Phi) is 45.4. The van der Waals surface area contributed by atoms with Gasteiger partial charge in [0.25, 0.3) is 5.91 Å². The van der Waals surface area contributed by atoms with Crippen LogP contribution in [-0.4, -0.2) is 11.0 Å². The van der Waals surface area contributed by atoms with Crippen molar-refractivity contribution >= 4 is 17.3 Å². The van der Waals surface area contributed by atoms with Crippen LogP contribution in [0.25, 0.3) is 0 Å². The highest BCUT2D eigenvalue weighted by Gasteiger charge is 2.13. The third-order valence-corrected chi connectivity index (χ3v) is 2.61. The highest BCUT2D eigenvalue weighted by Crippen LogP contribution is 2.15. The number of amides is 1. The lowest BCUT2D eigenvalue weighted by atomic mass is 10.3. The molecule has 0 saturated heterocycles. The molecular weight excluding hydrogens is 422 g/mol. The molecule has 0 saturated carbocycles. The normalized spacial score (nSPS) is 8.85. The summed E-state index contributed by atoms with van der Waals surface area (Å²) in [7, 11) is 0. The first-order valence-corrected chi connectivity index (χ1v) is 12.8. The monoisotopic (exact) mass is 475 g/mol. The van der Waals surface area contributed by atoms with E-state index < -0.39 is 5.91 Å².